The first-order valence-corrected chi connectivity index (χ1v) is 5.56. The predicted octanol–water partition coefficient (Wildman–Crippen LogP) is 3.65. The number of aromatic nitrogens is 2. The van der Waals surface area contributed by atoms with Gasteiger partial charge in [-0.3, -0.25) is 0 Å². The molecular weight excluding hydrogens is 224 g/mol. The smallest absolute Gasteiger partial charge is 0.257 e. The van der Waals surface area contributed by atoms with Gasteiger partial charge in [0.2, 0.25) is 0 Å². The third-order valence-electron chi connectivity index (χ3n) is 2.27. The van der Waals surface area contributed by atoms with Crippen molar-refractivity contribution in [3.8, 4) is 11.5 Å². The van der Waals surface area contributed by atoms with Crippen LogP contribution in [0.1, 0.15) is 29.3 Å². The standard InChI is InChI=1S/C12H13ClN2O/c1-7-4-8(2)6-10(5-7)12-14-11(9(3)13)15-16-12/h4-6,9H,1-3H3. The molecule has 0 fully saturated rings. The molecule has 0 bridgehead atoms. The van der Waals surface area contributed by atoms with Gasteiger partial charge in [0.05, 0.1) is 5.38 Å². The molecule has 0 aliphatic heterocycles. The van der Waals surface area contributed by atoms with Gasteiger partial charge in [-0.2, -0.15) is 4.98 Å². The molecule has 1 heterocycles. The maximum Gasteiger partial charge on any atom is 0.257 e. The third-order valence-corrected chi connectivity index (χ3v) is 2.46. The van der Waals surface area contributed by atoms with Crippen LogP contribution in [0.3, 0.4) is 0 Å². The van der Waals surface area contributed by atoms with E-state index in [1.807, 2.05) is 32.9 Å². The van der Waals surface area contributed by atoms with E-state index >= 15 is 0 Å². The van der Waals surface area contributed by atoms with Gasteiger partial charge >= 0.3 is 0 Å². The van der Waals surface area contributed by atoms with Gasteiger partial charge in [-0.05, 0) is 32.9 Å². The van der Waals surface area contributed by atoms with E-state index in [-0.39, 0.29) is 5.38 Å². The van der Waals surface area contributed by atoms with Gasteiger partial charge < -0.3 is 4.52 Å². The van der Waals surface area contributed by atoms with E-state index in [0.717, 1.165) is 5.56 Å². The summed E-state index contributed by atoms with van der Waals surface area (Å²) in [4.78, 5) is 4.25. The van der Waals surface area contributed by atoms with Crippen molar-refractivity contribution in [2.75, 3.05) is 0 Å². The summed E-state index contributed by atoms with van der Waals surface area (Å²) < 4.78 is 5.18. The summed E-state index contributed by atoms with van der Waals surface area (Å²) in [5.74, 6) is 1.05. The van der Waals surface area contributed by atoms with Crippen molar-refractivity contribution < 1.29 is 4.52 Å². The van der Waals surface area contributed by atoms with Gasteiger partial charge in [0.1, 0.15) is 0 Å². The van der Waals surface area contributed by atoms with Gasteiger partial charge in [0, 0.05) is 5.56 Å². The zero-order valence-electron chi connectivity index (χ0n) is 9.49. The number of rotatable bonds is 2. The van der Waals surface area contributed by atoms with Gasteiger partial charge in [-0.15, -0.1) is 11.6 Å². The highest BCUT2D eigenvalue weighted by Crippen LogP contribution is 2.23. The highest BCUT2D eigenvalue weighted by atomic mass is 35.5. The molecule has 4 heteroatoms. The molecule has 2 aromatic rings. The molecule has 0 amide bonds. The van der Waals surface area contributed by atoms with E-state index < -0.39 is 0 Å². The van der Waals surface area contributed by atoms with Crippen LogP contribution in [0.15, 0.2) is 22.7 Å². The van der Waals surface area contributed by atoms with Crippen LogP contribution in [0.5, 0.6) is 0 Å². The number of nitrogens with zero attached hydrogens (tertiary/aromatic N) is 2. The second-order valence-corrected chi connectivity index (χ2v) is 4.60. The Labute approximate surface area is 99.4 Å². The second-order valence-electron chi connectivity index (χ2n) is 3.95. The normalized spacial score (nSPS) is 12.8. The lowest BCUT2D eigenvalue weighted by Gasteiger charge is -1.99. The molecule has 0 saturated carbocycles. The van der Waals surface area contributed by atoms with Crippen molar-refractivity contribution in [1.82, 2.24) is 10.1 Å². The molecule has 2 rings (SSSR count). The van der Waals surface area contributed by atoms with E-state index in [4.69, 9.17) is 16.1 Å². The summed E-state index contributed by atoms with van der Waals surface area (Å²) in [6.07, 6.45) is 0. The molecule has 0 spiro atoms. The Morgan fingerprint density at radius 1 is 1.19 bits per heavy atom. The Balaban J connectivity index is 2.42. The fourth-order valence-corrected chi connectivity index (χ4v) is 1.70. The zero-order valence-corrected chi connectivity index (χ0v) is 10.2. The number of benzene rings is 1. The highest BCUT2D eigenvalue weighted by molar-refractivity contribution is 6.20. The maximum atomic E-state index is 5.88. The van der Waals surface area contributed by atoms with E-state index in [1.165, 1.54) is 11.1 Å². The average molecular weight is 237 g/mol. The van der Waals surface area contributed by atoms with Gasteiger partial charge in [-0.25, -0.2) is 0 Å². The fourth-order valence-electron chi connectivity index (χ4n) is 1.61. The molecule has 16 heavy (non-hydrogen) atoms. The topological polar surface area (TPSA) is 38.9 Å². The number of halogens is 1. The molecule has 84 valence electrons. The summed E-state index contributed by atoms with van der Waals surface area (Å²) in [6.45, 7) is 5.90. The Bertz CT molecular complexity index is 485. The molecule has 0 saturated heterocycles. The maximum absolute atomic E-state index is 5.88. The first-order chi connectivity index (χ1) is 7.56. The quantitative estimate of drug-likeness (QED) is 0.747. The fraction of sp³-hybridized carbons (Fsp3) is 0.333. The molecule has 1 aromatic carbocycles. The van der Waals surface area contributed by atoms with Crippen molar-refractivity contribution in [2.24, 2.45) is 0 Å². The molecule has 0 N–H and O–H groups in total. The summed E-state index contributed by atoms with van der Waals surface area (Å²) in [7, 11) is 0. The number of hydrogen-bond acceptors (Lipinski definition) is 3. The predicted molar refractivity (Wildman–Crippen MR) is 63.5 cm³/mol. The number of hydrogen-bond donors (Lipinski definition) is 0. The Hall–Kier alpha value is -1.35. The van der Waals surface area contributed by atoms with Crippen LogP contribution in [-0.4, -0.2) is 10.1 Å². The number of aryl methyl sites for hydroxylation is 2. The van der Waals surface area contributed by atoms with Crippen molar-refractivity contribution in [1.29, 1.82) is 0 Å². The monoisotopic (exact) mass is 236 g/mol. The van der Waals surface area contributed by atoms with Crippen molar-refractivity contribution in [2.45, 2.75) is 26.1 Å². The van der Waals surface area contributed by atoms with Gasteiger partial charge in [0.15, 0.2) is 5.82 Å². The van der Waals surface area contributed by atoms with E-state index in [0.29, 0.717) is 11.7 Å². The number of alkyl halides is 1. The molecule has 0 aliphatic rings. The minimum Gasteiger partial charge on any atom is -0.334 e. The SMILES string of the molecule is Cc1cc(C)cc(-c2nc(C(C)Cl)no2)c1. The van der Waals surface area contributed by atoms with Crippen molar-refractivity contribution >= 4 is 11.6 Å². The van der Waals surface area contributed by atoms with E-state index in [1.54, 1.807) is 0 Å². The molecule has 1 unspecified atom stereocenters. The first-order valence-electron chi connectivity index (χ1n) is 5.12. The minimum atomic E-state index is -0.233. The van der Waals surface area contributed by atoms with Crippen LogP contribution < -0.4 is 0 Å². The Morgan fingerprint density at radius 3 is 2.31 bits per heavy atom. The first kappa shape index (κ1) is 11.1. The van der Waals surface area contributed by atoms with Crippen LogP contribution in [0.25, 0.3) is 11.5 Å². The molecule has 0 radical (unpaired) electrons. The second kappa shape index (κ2) is 4.26. The van der Waals surface area contributed by atoms with E-state index in [9.17, 15) is 0 Å². The Morgan fingerprint density at radius 2 is 1.81 bits per heavy atom. The minimum absolute atomic E-state index is 0.233. The van der Waals surface area contributed by atoms with Crippen molar-refractivity contribution in [3.05, 3.63) is 35.2 Å². The lowest BCUT2D eigenvalue weighted by Crippen LogP contribution is -1.87. The van der Waals surface area contributed by atoms with Gasteiger partial charge in [-0.1, -0.05) is 22.3 Å². The summed E-state index contributed by atoms with van der Waals surface area (Å²) in [5.41, 5.74) is 3.29. The van der Waals surface area contributed by atoms with Crippen LogP contribution in [0.2, 0.25) is 0 Å². The average Bonchev–Trinajstić information content (AvgIpc) is 2.64. The van der Waals surface area contributed by atoms with Crippen LogP contribution in [-0.2, 0) is 0 Å². The van der Waals surface area contributed by atoms with Gasteiger partial charge in [0.25, 0.3) is 5.89 Å². The molecule has 3 nitrogen and oxygen atoms in total. The van der Waals surface area contributed by atoms with Crippen molar-refractivity contribution in [3.63, 3.8) is 0 Å². The lowest BCUT2D eigenvalue weighted by atomic mass is 10.1. The summed E-state index contributed by atoms with van der Waals surface area (Å²) >= 11 is 5.88. The lowest BCUT2D eigenvalue weighted by molar-refractivity contribution is 0.422. The molecule has 0 aliphatic carbocycles. The third kappa shape index (κ3) is 2.25. The summed E-state index contributed by atoms with van der Waals surface area (Å²) in [6, 6.07) is 6.14. The molecular formula is C12H13ClN2O. The van der Waals surface area contributed by atoms with Crippen LogP contribution >= 0.6 is 11.6 Å². The Kier molecular flexibility index (Phi) is 2.97. The largest absolute Gasteiger partial charge is 0.334 e. The summed E-state index contributed by atoms with van der Waals surface area (Å²) in [5, 5.41) is 3.60. The highest BCUT2D eigenvalue weighted by Gasteiger charge is 2.12. The van der Waals surface area contributed by atoms with Crippen LogP contribution in [0, 0.1) is 13.8 Å². The van der Waals surface area contributed by atoms with Crippen LogP contribution in [0.4, 0.5) is 0 Å². The molecule has 1 aromatic heterocycles. The molecule has 1 atom stereocenters. The van der Waals surface area contributed by atoms with E-state index in [2.05, 4.69) is 16.2 Å². The zero-order chi connectivity index (χ0) is 11.7.